The minimum atomic E-state index is -0.385. The molecule has 1 unspecified atom stereocenters. The van der Waals surface area contributed by atoms with Crippen LogP contribution in [0.4, 0.5) is 10.7 Å². The summed E-state index contributed by atoms with van der Waals surface area (Å²) in [4.78, 5) is 29.4. The summed E-state index contributed by atoms with van der Waals surface area (Å²) in [5, 5.41) is 1.78. The number of H-pyrrole nitrogens is 1. The van der Waals surface area contributed by atoms with E-state index in [1.54, 1.807) is 24.2 Å². The fourth-order valence-electron chi connectivity index (χ4n) is 5.61. The standard InChI is InChI=1S/C31H30ClN5O3/c1-2-3-19-39-31(38)37-18-13-25-26-20-22(32)7-10-27(26)35-28(25)29(37)21-5-8-23(9-6-21)40-24-11-16-36(17-12-24)30-33-14-4-15-34-30/h4-10,14-15,20,24,29,35H,11-13,16-19H2,1H3. The van der Waals surface area contributed by atoms with E-state index in [0.717, 1.165) is 59.8 Å². The molecule has 1 amide bonds. The number of benzene rings is 2. The minimum absolute atomic E-state index is 0.0652. The number of piperidine rings is 1. The smallest absolute Gasteiger partial charge is 0.411 e. The van der Waals surface area contributed by atoms with E-state index in [0.29, 0.717) is 18.0 Å². The molecule has 40 heavy (non-hydrogen) atoms. The summed E-state index contributed by atoms with van der Waals surface area (Å²) in [6.45, 7) is 4.01. The highest BCUT2D eigenvalue weighted by Gasteiger charge is 2.35. The lowest BCUT2D eigenvalue weighted by Crippen LogP contribution is -2.41. The second-order valence-corrected chi connectivity index (χ2v) is 10.4. The SMILES string of the molecule is CC#CCOC(=O)N1CCc2c([nH]c3ccc(Cl)cc23)C1c1ccc(OC2CCN(c3ncccn3)CC2)cc1. The van der Waals surface area contributed by atoms with Crippen LogP contribution in [-0.4, -0.2) is 58.3 Å². The molecule has 0 radical (unpaired) electrons. The molecule has 2 aliphatic heterocycles. The molecule has 4 aromatic rings. The van der Waals surface area contributed by atoms with Gasteiger partial charge in [-0.2, -0.15) is 0 Å². The van der Waals surface area contributed by atoms with E-state index in [4.69, 9.17) is 21.1 Å². The zero-order valence-electron chi connectivity index (χ0n) is 22.3. The van der Waals surface area contributed by atoms with Gasteiger partial charge in [0.15, 0.2) is 6.61 Å². The van der Waals surface area contributed by atoms with Crippen LogP contribution in [0.1, 0.15) is 42.6 Å². The van der Waals surface area contributed by atoms with Crippen molar-refractivity contribution < 1.29 is 14.3 Å². The molecule has 8 nitrogen and oxygen atoms in total. The molecule has 1 atom stereocenters. The van der Waals surface area contributed by atoms with E-state index < -0.39 is 0 Å². The number of carbonyl (C=O) groups excluding carboxylic acids is 1. The zero-order valence-corrected chi connectivity index (χ0v) is 23.0. The Morgan fingerprint density at radius 3 is 2.62 bits per heavy atom. The van der Waals surface area contributed by atoms with Gasteiger partial charge in [0.1, 0.15) is 17.9 Å². The third-order valence-corrected chi connectivity index (χ3v) is 7.78. The zero-order chi connectivity index (χ0) is 27.5. The average molecular weight is 556 g/mol. The quantitative estimate of drug-likeness (QED) is 0.315. The van der Waals surface area contributed by atoms with Gasteiger partial charge in [-0.3, -0.25) is 4.90 Å². The van der Waals surface area contributed by atoms with Gasteiger partial charge in [0.25, 0.3) is 0 Å². The van der Waals surface area contributed by atoms with Crippen molar-refractivity contribution in [2.75, 3.05) is 31.1 Å². The summed E-state index contributed by atoms with van der Waals surface area (Å²) < 4.78 is 11.8. The van der Waals surface area contributed by atoms with Crippen LogP contribution in [0.3, 0.4) is 0 Å². The molecular weight excluding hydrogens is 526 g/mol. The maximum absolute atomic E-state index is 13.2. The van der Waals surface area contributed by atoms with Gasteiger partial charge in [-0.25, -0.2) is 14.8 Å². The van der Waals surface area contributed by atoms with E-state index >= 15 is 0 Å². The number of rotatable bonds is 5. The van der Waals surface area contributed by atoms with Crippen molar-refractivity contribution in [1.29, 1.82) is 0 Å². The van der Waals surface area contributed by atoms with Crippen molar-refractivity contribution in [3.8, 4) is 17.6 Å². The number of aromatic nitrogens is 3. The monoisotopic (exact) mass is 555 g/mol. The summed E-state index contributed by atoms with van der Waals surface area (Å²) in [5.74, 6) is 7.16. The molecule has 0 bridgehead atoms. The average Bonchev–Trinajstić information content (AvgIpc) is 3.36. The number of nitrogens with one attached hydrogen (secondary N) is 1. The Morgan fingerprint density at radius 2 is 1.88 bits per heavy atom. The third-order valence-electron chi connectivity index (χ3n) is 7.54. The lowest BCUT2D eigenvalue weighted by Gasteiger charge is -2.35. The number of halogens is 1. The lowest BCUT2D eigenvalue weighted by molar-refractivity contribution is 0.0993. The maximum atomic E-state index is 13.2. The Bertz CT molecular complexity index is 1550. The molecule has 0 saturated carbocycles. The van der Waals surface area contributed by atoms with E-state index in [1.807, 2.05) is 48.5 Å². The van der Waals surface area contributed by atoms with Crippen LogP contribution in [0.5, 0.6) is 5.75 Å². The number of nitrogens with zero attached hydrogens (tertiary/aromatic N) is 4. The summed E-state index contributed by atoms with van der Waals surface area (Å²) in [5.41, 5.74) is 4.12. The number of ether oxygens (including phenoxy) is 2. The topological polar surface area (TPSA) is 83.6 Å². The lowest BCUT2D eigenvalue weighted by atomic mass is 9.92. The van der Waals surface area contributed by atoms with E-state index in [2.05, 4.69) is 31.7 Å². The number of carbonyl (C=O) groups is 1. The van der Waals surface area contributed by atoms with Crippen molar-refractivity contribution in [1.82, 2.24) is 19.9 Å². The van der Waals surface area contributed by atoms with Gasteiger partial charge in [0, 0.05) is 66.5 Å². The van der Waals surface area contributed by atoms with Gasteiger partial charge in [0.05, 0.1) is 0 Å². The van der Waals surface area contributed by atoms with Crippen LogP contribution < -0.4 is 9.64 Å². The van der Waals surface area contributed by atoms with Gasteiger partial charge in [0.2, 0.25) is 5.95 Å². The van der Waals surface area contributed by atoms with Gasteiger partial charge in [-0.05, 0) is 60.9 Å². The molecule has 4 heterocycles. The molecule has 1 N–H and O–H groups in total. The number of amides is 1. The van der Waals surface area contributed by atoms with Gasteiger partial charge in [-0.1, -0.05) is 29.7 Å². The first-order chi connectivity index (χ1) is 19.6. The van der Waals surface area contributed by atoms with E-state index in [-0.39, 0.29) is 24.8 Å². The predicted octanol–water partition coefficient (Wildman–Crippen LogP) is 5.77. The van der Waals surface area contributed by atoms with Crippen molar-refractivity contribution in [2.24, 2.45) is 0 Å². The van der Waals surface area contributed by atoms with Gasteiger partial charge in [-0.15, -0.1) is 5.92 Å². The Hall–Kier alpha value is -4.22. The first-order valence-corrected chi connectivity index (χ1v) is 13.9. The van der Waals surface area contributed by atoms with E-state index in [9.17, 15) is 4.79 Å². The number of aromatic amines is 1. The Kier molecular flexibility index (Phi) is 7.47. The van der Waals surface area contributed by atoms with Crippen LogP contribution in [0.25, 0.3) is 10.9 Å². The summed E-state index contributed by atoms with van der Waals surface area (Å²) in [6.07, 6.45) is 5.77. The molecule has 1 saturated heterocycles. The molecule has 6 rings (SSSR count). The van der Waals surface area contributed by atoms with E-state index in [1.165, 1.54) is 5.56 Å². The Morgan fingerprint density at radius 1 is 1.10 bits per heavy atom. The summed E-state index contributed by atoms with van der Waals surface area (Å²) in [6, 6.07) is 15.4. The molecule has 2 aliphatic rings. The Labute approximate surface area is 238 Å². The first-order valence-electron chi connectivity index (χ1n) is 13.5. The molecular formula is C31H30ClN5O3. The predicted molar refractivity (Wildman–Crippen MR) is 155 cm³/mol. The minimum Gasteiger partial charge on any atom is -0.490 e. The van der Waals surface area contributed by atoms with Crippen molar-refractivity contribution in [3.63, 3.8) is 0 Å². The number of anilines is 1. The maximum Gasteiger partial charge on any atom is 0.411 e. The molecule has 2 aromatic heterocycles. The second-order valence-electron chi connectivity index (χ2n) is 9.96. The number of fused-ring (bicyclic) bond motifs is 3. The van der Waals surface area contributed by atoms with Crippen LogP contribution in [-0.2, 0) is 11.2 Å². The van der Waals surface area contributed by atoms with Gasteiger partial charge < -0.3 is 19.4 Å². The van der Waals surface area contributed by atoms with Gasteiger partial charge >= 0.3 is 6.09 Å². The first kappa shape index (κ1) is 26.0. The second kappa shape index (κ2) is 11.5. The molecule has 1 fully saturated rings. The summed E-state index contributed by atoms with van der Waals surface area (Å²) in [7, 11) is 0. The third kappa shape index (κ3) is 5.30. The van der Waals surface area contributed by atoms with Crippen molar-refractivity contribution >= 4 is 34.5 Å². The van der Waals surface area contributed by atoms with Crippen LogP contribution in [0.15, 0.2) is 60.9 Å². The Balaban J connectivity index is 1.22. The molecule has 0 aliphatic carbocycles. The van der Waals surface area contributed by atoms with Crippen LogP contribution in [0.2, 0.25) is 5.02 Å². The normalized spacial score (nSPS) is 17.2. The van der Waals surface area contributed by atoms with Crippen molar-refractivity contribution in [3.05, 3.63) is 82.8 Å². The van der Waals surface area contributed by atoms with Crippen LogP contribution >= 0.6 is 11.6 Å². The number of hydrogen-bond donors (Lipinski definition) is 1. The highest BCUT2D eigenvalue weighted by Crippen LogP contribution is 2.40. The number of hydrogen-bond acceptors (Lipinski definition) is 6. The van der Waals surface area contributed by atoms with Crippen LogP contribution in [0, 0.1) is 11.8 Å². The molecule has 0 spiro atoms. The largest absolute Gasteiger partial charge is 0.490 e. The molecule has 204 valence electrons. The fourth-order valence-corrected chi connectivity index (χ4v) is 5.78. The fraction of sp³-hybridized carbons (Fsp3) is 0.323. The molecule has 9 heteroatoms. The highest BCUT2D eigenvalue weighted by molar-refractivity contribution is 6.31. The van der Waals surface area contributed by atoms with Crippen molar-refractivity contribution in [2.45, 2.75) is 38.3 Å². The molecule has 2 aromatic carbocycles. The highest BCUT2D eigenvalue weighted by atomic mass is 35.5. The summed E-state index contributed by atoms with van der Waals surface area (Å²) >= 11 is 6.32.